The zero-order valence-electron chi connectivity index (χ0n) is 11.3. The average molecular weight is 255 g/mol. The van der Waals surface area contributed by atoms with Gasteiger partial charge in [0.15, 0.2) is 0 Å². The highest BCUT2D eigenvalue weighted by molar-refractivity contribution is 6.02. The van der Waals surface area contributed by atoms with E-state index < -0.39 is 0 Å². The molecule has 2 aliphatic rings. The molecule has 0 aromatic heterocycles. The highest BCUT2D eigenvalue weighted by Gasteiger charge is 2.36. The third-order valence-electron chi connectivity index (χ3n) is 4.65. The maximum atomic E-state index is 9.21. The smallest absolute Gasteiger partial charge is 0.0804 e. The van der Waals surface area contributed by atoms with Crippen molar-refractivity contribution in [2.24, 2.45) is 10.6 Å². The Morgan fingerprint density at radius 1 is 0.947 bits per heavy atom. The monoisotopic (exact) mass is 255 g/mol. The summed E-state index contributed by atoms with van der Waals surface area (Å²) in [6.45, 7) is 0. The van der Waals surface area contributed by atoms with E-state index in [1.54, 1.807) is 0 Å². The lowest BCUT2D eigenvalue weighted by Gasteiger charge is -2.40. The number of hydrogen-bond donors (Lipinski definition) is 1. The molecule has 1 N–H and O–H groups in total. The Hall–Kier alpha value is -1.57. The molecule has 0 amide bonds. The minimum atomic E-state index is 0.347. The summed E-state index contributed by atoms with van der Waals surface area (Å²) in [5, 5.41) is 12.7. The van der Waals surface area contributed by atoms with Gasteiger partial charge in [-0.2, -0.15) is 0 Å². The van der Waals surface area contributed by atoms with Crippen LogP contribution >= 0.6 is 0 Å². The Morgan fingerprint density at radius 3 is 2.37 bits per heavy atom. The number of benzene rings is 1. The van der Waals surface area contributed by atoms with Crippen molar-refractivity contribution in [3.05, 3.63) is 42.0 Å². The van der Waals surface area contributed by atoms with Crippen molar-refractivity contribution in [3.63, 3.8) is 0 Å². The summed E-state index contributed by atoms with van der Waals surface area (Å²) in [5.41, 5.74) is 3.81. The minimum absolute atomic E-state index is 0.347. The van der Waals surface area contributed by atoms with Crippen LogP contribution in [0.25, 0.3) is 5.57 Å². The summed E-state index contributed by atoms with van der Waals surface area (Å²) in [6.07, 6.45) is 10.7. The SMILES string of the molecule is ON=C1C=C(c2ccccc2)CC2(CCCCC2)C1. The van der Waals surface area contributed by atoms with Crippen LogP contribution in [0.2, 0.25) is 0 Å². The van der Waals surface area contributed by atoms with Crippen molar-refractivity contribution in [3.8, 4) is 0 Å². The van der Waals surface area contributed by atoms with E-state index in [2.05, 4.69) is 35.5 Å². The second-order valence-corrected chi connectivity index (χ2v) is 6.04. The van der Waals surface area contributed by atoms with Crippen LogP contribution in [0.4, 0.5) is 0 Å². The molecule has 0 saturated heterocycles. The standard InChI is InChI=1S/C17H21NO/c19-18-16-11-15(14-7-3-1-4-8-14)12-17(13-16)9-5-2-6-10-17/h1,3-4,7-8,11,19H,2,5-6,9-10,12-13H2. The Bertz CT molecular complexity index is 495. The van der Waals surface area contributed by atoms with Gasteiger partial charge in [0.05, 0.1) is 5.71 Å². The quantitative estimate of drug-likeness (QED) is 0.575. The van der Waals surface area contributed by atoms with E-state index in [9.17, 15) is 5.21 Å². The first-order valence-electron chi connectivity index (χ1n) is 7.28. The average Bonchev–Trinajstić information content (AvgIpc) is 2.48. The molecular weight excluding hydrogens is 234 g/mol. The van der Waals surface area contributed by atoms with Crippen molar-refractivity contribution in [2.45, 2.75) is 44.9 Å². The van der Waals surface area contributed by atoms with Crippen LogP contribution in [-0.4, -0.2) is 10.9 Å². The molecule has 2 aliphatic carbocycles. The molecule has 0 aliphatic heterocycles. The molecule has 2 nitrogen and oxygen atoms in total. The van der Waals surface area contributed by atoms with Crippen LogP contribution in [0.3, 0.4) is 0 Å². The Morgan fingerprint density at radius 2 is 1.68 bits per heavy atom. The molecular formula is C17H21NO. The second-order valence-electron chi connectivity index (χ2n) is 6.04. The molecule has 3 rings (SSSR count). The zero-order valence-corrected chi connectivity index (χ0v) is 11.3. The third kappa shape index (κ3) is 2.58. The van der Waals surface area contributed by atoms with E-state index in [1.807, 2.05) is 6.07 Å². The summed E-state index contributed by atoms with van der Waals surface area (Å²) in [4.78, 5) is 0. The van der Waals surface area contributed by atoms with Crippen molar-refractivity contribution in [1.82, 2.24) is 0 Å². The van der Waals surface area contributed by atoms with Crippen LogP contribution < -0.4 is 0 Å². The van der Waals surface area contributed by atoms with E-state index >= 15 is 0 Å². The van der Waals surface area contributed by atoms with E-state index in [0.717, 1.165) is 18.6 Å². The fourth-order valence-electron chi connectivity index (χ4n) is 3.71. The molecule has 1 saturated carbocycles. The fourth-order valence-corrected chi connectivity index (χ4v) is 3.71. The number of rotatable bonds is 1. The molecule has 2 heteroatoms. The van der Waals surface area contributed by atoms with Gasteiger partial charge in [0.1, 0.15) is 0 Å². The summed E-state index contributed by atoms with van der Waals surface area (Å²) in [7, 11) is 0. The Kier molecular flexibility index (Phi) is 3.41. The largest absolute Gasteiger partial charge is 0.411 e. The molecule has 0 radical (unpaired) electrons. The first kappa shape index (κ1) is 12.5. The van der Waals surface area contributed by atoms with E-state index in [0.29, 0.717) is 5.41 Å². The highest BCUT2D eigenvalue weighted by Crippen LogP contribution is 2.48. The molecule has 1 fully saturated rings. The van der Waals surface area contributed by atoms with Gasteiger partial charge in [-0.05, 0) is 48.3 Å². The van der Waals surface area contributed by atoms with E-state index in [1.165, 1.54) is 43.2 Å². The summed E-state index contributed by atoms with van der Waals surface area (Å²) in [6, 6.07) is 10.5. The predicted molar refractivity (Wildman–Crippen MR) is 78.4 cm³/mol. The molecule has 1 aromatic rings. The number of hydrogen-bond acceptors (Lipinski definition) is 2. The summed E-state index contributed by atoms with van der Waals surface area (Å²) < 4.78 is 0. The number of allylic oxidation sites excluding steroid dienone is 2. The molecule has 1 spiro atoms. The van der Waals surface area contributed by atoms with Gasteiger partial charge in [-0.15, -0.1) is 0 Å². The lowest BCUT2D eigenvalue weighted by Crippen LogP contribution is -2.30. The predicted octanol–water partition coefficient (Wildman–Crippen LogP) is 4.64. The first-order valence-corrected chi connectivity index (χ1v) is 7.28. The summed E-state index contributed by atoms with van der Waals surface area (Å²) >= 11 is 0. The lowest BCUT2D eigenvalue weighted by molar-refractivity contribution is 0.199. The number of oxime groups is 1. The highest BCUT2D eigenvalue weighted by atomic mass is 16.4. The molecule has 19 heavy (non-hydrogen) atoms. The molecule has 0 atom stereocenters. The molecule has 100 valence electrons. The fraction of sp³-hybridized carbons (Fsp3) is 0.471. The molecule has 0 bridgehead atoms. The van der Waals surface area contributed by atoms with Crippen LogP contribution in [0.5, 0.6) is 0 Å². The second kappa shape index (κ2) is 5.20. The van der Waals surface area contributed by atoms with Gasteiger partial charge in [-0.1, -0.05) is 54.8 Å². The van der Waals surface area contributed by atoms with Crippen LogP contribution in [0.15, 0.2) is 41.6 Å². The van der Waals surface area contributed by atoms with Gasteiger partial charge < -0.3 is 5.21 Å². The lowest BCUT2D eigenvalue weighted by atomic mass is 9.64. The van der Waals surface area contributed by atoms with Gasteiger partial charge in [0.2, 0.25) is 0 Å². The Labute approximate surface area is 114 Å². The van der Waals surface area contributed by atoms with Gasteiger partial charge in [0, 0.05) is 0 Å². The van der Waals surface area contributed by atoms with E-state index in [4.69, 9.17) is 0 Å². The molecule has 0 unspecified atom stereocenters. The topological polar surface area (TPSA) is 32.6 Å². The molecule has 0 heterocycles. The van der Waals surface area contributed by atoms with Crippen molar-refractivity contribution < 1.29 is 5.21 Å². The maximum Gasteiger partial charge on any atom is 0.0804 e. The minimum Gasteiger partial charge on any atom is -0.411 e. The Balaban J connectivity index is 1.93. The van der Waals surface area contributed by atoms with Crippen LogP contribution in [0.1, 0.15) is 50.5 Å². The van der Waals surface area contributed by atoms with Gasteiger partial charge in [-0.3, -0.25) is 0 Å². The molecule has 1 aromatic carbocycles. The van der Waals surface area contributed by atoms with Crippen molar-refractivity contribution in [2.75, 3.05) is 0 Å². The third-order valence-corrected chi connectivity index (χ3v) is 4.65. The zero-order chi connectivity index (χ0) is 13.1. The van der Waals surface area contributed by atoms with Crippen LogP contribution in [0, 0.1) is 5.41 Å². The van der Waals surface area contributed by atoms with Crippen LogP contribution in [-0.2, 0) is 0 Å². The number of nitrogens with zero attached hydrogens (tertiary/aromatic N) is 1. The van der Waals surface area contributed by atoms with Gasteiger partial charge in [0.25, 0.3) is 0 Å². The normalized spacial score (nSPS) is 24.4. The summed E-state index contributed by atoms with van der Waals surface area (Å²) in [5.74, 6) is 0. The van der Waals surface area contributed by atoms with Gasteiger partial charge >= 0.3 is 0 Å². The van der Waals surface area contributed by atoms with E-state index in [-0.39, 0.29) is 0 Å². The first-order chi connectivity index (χ1) is 9.31. The van der Waals surface area contributed by atoms with Crippen molar-refractivity contribution in [1.29, 1.82) is 0 Å². The van der Waals surface area contributed by atoms with Gasteiger partial charge in [-0.25, -0.2) is 0 Å². The van der Waals surface area contributed by atoms with Crippen molar-refractivity contribution >= 4 is 11.3 Å². The maximum absolute atomic E-state index is 9.21.